The molecule has 0 atom stereocenters. The molecule has 0 bridgehead atoms. The van der Waals surface area contributed by atoms with E-state index in [1.165, 1.54) is 25.5 Å². The molecule has 0 aliphatic rings. The predicted octanol–water partition coefficient (Wildman–Crippen LogP) is 4.71. The van der Waals surface area contributed by atoms with E-state index in [1.807, 2.05) is 0 Å². The zero-order valence-electron chi connectivity index (χ0n) is 19.2. The number of nitrogens with one attached hydrogen (secondary N) is 2. The van der Waals surface area contributed by atoms with E-state index in [-0.39, 0.29) is 21.5 Å². The van der Waals surface area contributed by atoms with Gasteiger partial charge in [0.1, 0.15) is 5.75 Å². The maximum Gasteiger partial charge on any atom is 0.343 e. The Morgan fingerprint density at radius 2 is 1.72 bits per heavy atom. The lowest BCUT2D eigenvalue weighted by Gasteiger charge is -2.11. The zero-order chi connectivity index (χ0) is 26.1. The van der Waals surface area contributed by atoms with Gasteiger partial charge in [0.15, 0.2) is 11.5 Å². The molecule has 0 aromatic heterocycles. The summed E-state index contributed by atoms with van der Waals surface area (Å²) in [6.07, 6.45) is 1.30. The highest BCUT2D eigenvalue weighted by Crippen LogP contribution is 2.30. The number of nitrogens with zero attached hydrogens (tertiary/aromatic N) is 1. The monoisotopic (exact) mass is 529 g/mol. The maximum absolute atomic E-state index is 12.5. The summed E-state index contributed by atoms with van der Waals surface area (Å²) in [4.78, 5) is 36.6. The Balaban J connectivity index is 1.64. The van der Waals surface area contributed by atoms with Gasteiger partial charge in [0.25, 0.3) is 0 Å². The Hall–Kier alpha value is -4.08. The molecule has 0 aliphatic carbocycles. The fourth-order valence-corrected chi connectivity index (χ4v) is 3.19. The fourth-order valence-electron chi connectivity index (χ4n) is 2.84. The molecule has 9 nitrogen and oxygen atoms in total. The van der Waals surface area contributed by atoms with Crippen LogP contribution in [-0.4, -0.2) is 37.7 Å². The number of amides is 2. The first-order valence-corrected chi connectivity index (χ1v) is 11.3. The van der Waals surface area contributed by atoms with Gasteiger partial charge >= 0.3 is 17.8 Å². The van der Waals surface area contributed by atoms with Gasteiger partial charge in [0.05, 0.1) is 41.2 Å². The van der Waals surface area contributed by atoms with E-state index in [0.717, 1.165) is 0 Å². The van der Waals surface area contributed by atoms with E-state index in [9.17, 15) is 14.4 Å². The number of halogens is 2. The van der Waals surface area contributed by atoms with Gasteiger partial charge in [-0.05, 0) is 67.1 Å². The number of esters is 1. The lowest BCUT2D eigenvalue weighted by atomic mass is 10.2. The van der Waals surface area contributed by atoms with Crippen LogP contribution in [0.2, 0.25) is 10.0 Å². The maximum atomic E-state index is 12.5. The number of benzene rings is 3. The van der Waals surface area contributed by atoms with Crippen molar-refractivity contribution in [2.75, 3.05) is 19.0 Å². The Bertz CT molecular complexity index is 1300. The lowest BCUT2D eigenvalue weighted by Crippen LogP contribution is -2.32. The second-order valence-electron chi connectivity index (χ2n) is 7.01. The number of ether oxygens (including phenoxy) is 3. The number of hydrogen-bond acceptors (Lipinski definition) is 7. The Labute approximate surface area is 216 Å². The standard InChI is InChI=1S/C25H21Cl2N3O6/c1-3-35-21-13-15(7-12-20(21)36-25(33)16-8-10-17(34-2)11-9-16)14-28-30-24(32)23(31)29-19-6-4-5-18(26)22(19)27/h4-14H,3H2,1-2H3,(H,29,31)(H,30,32)/b28-14-. The minimum absolute atomic E-state index is 0.111. The van der Waals surface area contributed by atoms with Crippen molar-refractivity contribution in [2.45, 2.75) is 6.92 Å². The van der Waals surface area contributed by atoms with Crippen molar-refractivity contribution < 1.29 is 28.6 Å². The molecular weight excluding hydrogens is 509 g/mol. The van der Waals surface area contributed by atoms with Gasteiger partial charge in [-0.3, -0.25) is 9.59 Å². The molecule has 2 N–H and O–H groups in total. The number of rotatable bonds is 8. The third-order valence-corrected chi connectivity index (χ3v) is 5.40. The minimum Gasteiger partial charge on any atom is -0.497 e. The van der Waals surface area contributed by atoms with Crippen LogP contribution >= 0.6 is 23.2 Å². The Morgan fingerprint density at radius 1 is 0.972 bits per heavy atom. The van der Waals surface area contributed by atoms with Crippen LogP contribution < -0.4 is 25.0 Å². The highest BCUT2D eigenvalue weighted by molar-refractivity contribution is 6.45. The molecule has 36 heavy (non-hydrogen) atoms. The summed E-state index contributed by atoms with van der Waals surface area (Å²) in [7, 11) is 1.53. The van der Waals surface area contributed by atoms with Gasteiger partial charge in [-0.15, -0.1) is 0 Å². The van der Waals surface area contributed by atoms with Gasteiger partial charge < -0.3 is 19.5 Å². The molecule has 2 amide bonds. The van der Waals surface area contributed by atoms with Crippen LogP contribution in [0, 0.1) is 0 Å². The van der Waals surface area contributed by atoms with Gasteiger partial charge in [-0.2, -0.15) is 5.10 Å². The number of hydrogen-bond donors (Lipinski definition) is 2. The van der Waals surface area contributed by atoms with Crippen LogP contribution in [0.25, 0.3) is 0 Å². The second-order valence-corrected chi connectivity index (χ2v) is 7.80. The van der Waals surface area contributed by atoms with Crippen LogP contribution in [-0.2, 0) is 9.59 Å². The molecule has 3 rings (SSSR count). The molecule has 3 aromatic rings. The SMILES string of the molecule is CCOc1cc(/C=N\NC(=O)C(=O)Nc2cccc(Cl)c2Cl)ccc1OC(=O)c1ccc(OC)cc1. The molecule has 0 unspecified atom stereocenters. The summed E-state index contributed by atoms with van der Waals surface area (Å²) in [6, 6.07) is 15.8. The molecule has 186 valence electrons. The van der Waals surface area contributed by atoms with E-state index in [2.05, 4.69) is 15.8 Å². The predicted molar refractivity (Wildman–Crippen MR) is 136 cm³/mol. The van der Waals surface area contributed by atoms with Gasteiger partial charge in [-0.25, -0.2) is 10.2 Å². The van der Waals surface area contributed by atoms with Crippen LogP contribution in [0.3, 0.4) is 0 Å². The van der Waals surface area contributed by atoms with Crippen molar-refractivity contribution in [1.29, 1.82) is 0 Å². The summed E-state index contributed by atoms with van der Waals surface area (Å²) in [5.74, 6) is -1.45. The third kappa shape index (κ3) is 6.97. The summed E-state index contributed by atoms with van der Waals surface area (Å²) in [5, 5.41) is 6.48. The molecule has 0 aliphatic heterocycles. The van der Waals surface area contributed by atoms with Crippen LogP contribution in [0.1, 0.15) is 22.8 Å². The second kappa shape index (κ2) is 12.6. The first-order valence-electron chi connectivity index (χ1n) is 10.5. The molecule has 3 aromatic carbocycles. The average Bonchev–Trinajstić information content (AvgIpc) is 2.88. The average molecular weight is 530 g/mol. The van der Waals surface area contributed by atoms with Crippen LogP contribution in [0.5, 0.6) is 17.2 Å². The Kier molecular flexibility index (Phi) is 9.26. The highest BCUT2D eigenvalue weighted by Gasteiger charge is 2.16. The largest absolute Gasteiger partial charge is 0.497 e. The summed E-state index contributed by atoms with van der Waals surface area (Å²) < 4.78 is 16.1. The number of carbonyl (C=O) groups excluding carboxylic acids is 3. The molecule has 0 saturated carbocycles. The van der Waals surface area contributed by atoms with E-state index < -0.39 is 17.8 Å². The summed E-state index contributed by atoms with van der Waals surface area (Å²) >= 11 is 11.9. The number of methoxy groups -OCH3 is 1. The minimum atomic E-state index is -1.02. The van der Waals surface area contributed by atoms with Crippen LogP contribution in [0.4, 0.5) is 5.69 Å². The number of carbonyl (C=O) groups is 3. The fraction of sp³-hybridized carbons (Fsp3) is 0.120. The molecule has 0 spiro atoms. The molecule has 0 saturated heterocycles. The zero-order valence-corrected chi connectivity index (χ0v) is 20.7. The quantitative estimate of drug-likeness (QED) is 0.143. The first-order chi connectivity index (χ1) is 17.3. The smallest absolute Gasteiger partial charge is 0.343 e. The number of anilines is 1. The van der Waals surface area contributed by atoms with Gasteiger partial charge in [-0.1, -0.05) is 29.3 Å². The highest BCUT2D eigenvalue weighted by atomic mass is 35.5. The van der Waals surface area contributed by atoms with E-state index >= 15 is 0 Å². The summed E-state index contributed by atoms with van der Waals surface area (Å²) in [5.41, 5.74) is 3.16. The third-order valence-electron chi connectivity index (χ3n) is 4.58. The van der Waals surface area contributed by atoms with E-state index in [4.69, 9.17) is 37.4 Å². The normalized spacial score (nSPS) is 10.6. The lowest BCUT2D eigenvalue weighted by molar-refractivity contribution is -0.136. The summed E-state index contributed by atoms with van der Waals surface area (Å²) in [6.45, 7) is 2.09. The molecule has 11 heteroatoms. The topological polar surface area (TPSA) is 115 Å². The molecular formula is C25H21Cl2N3O6. The molecule has 0 radical (unpaired) electrons. The van der Waals surface area contributed by atoms with Crippen molar-refractivity contribution in [2.24, 2.45) is 5.10 Å². The van der Waals surface area contributed by atoms with Crippen molar-refractivity contribution in [3.63, 3.8) is 0 Å². The molecule has 0 heterocycles. The van der Waals surface area contributed by atoms with E-state index in [0.29, 0.717) is 29.2 Å². The van der Waals surface area contributed by atoms with Crippen LogP contribution in [0.15, 0.2) is 65.8 Å². The molecule has 0 fully saturated rings. The number of hydrazone groups is 1. The van der Waals surface area contributed by atoms with E-state index in [1.54, 1.807) is 55.5 Å². The van der Waals surface area contributed by atoms with Crippen molar-refractivity contribution in [1.82, 2.24) is 5.43 Å². The first kappa shape index (κ1) is 26.5. The van der Waals surface area contributed by atoms with Crippen molar-refractivity contribution in [3.8, 4) is 17.2 Å². The van der Waals surface area contributed by atoms with Crippen molar-refractivity contribution >= 4 is 52.9 Å². The van der Waals surface area contributed by atoms with Crippen molar-refractivity contribution in [3.05, 3.63) is 81.8 Å². The van der Waals surface area contributed by atoms with Gasteiger partial charge in [0.2, 0.25) is 0 Å². The Morgan fingerprint density at radius 3 is 2.42 bits per heavy atom. The van der Waals surface area contributed by atoms with Gasteiger partial charge in [0, 0.05) is 0 Å².